The van der Waals surface area contributed by atoms with Gasteiger partial charge in [0.05, 0.1) is 5.57 Å². The van der Waals surface area contributed by atoms with E-state index in [9.17, 15) is 4.79 Å². The first kappa shape index (κ1) is 11.1. The summed E-state index contributed by atoms with van der Waals surface area (Å²) < 4.78 is 0. The molecule has 0 spiro atoms. The number of nitrogens with one attached hydrogen (secondary N) is 1. The minimum Gasteiger partial charge on any atom is -0.385 e. The van der Waals surface area contributed by atoms with Crippen LogP contribution in [0.5, 0.6) is 0 Å². The number of alkyl halides is 1. The Bertz CT molecular complexity index is 273. The zero-order valence-corrected chi connectivity index (χ0v) is 9.21. The number of carbonyl (C=O) groups is 1. The average molecular weight is 215 g/mol. The Morgan fingerprint density at radius 2 is 2.43 bits per heavy atom. The van der Waals surface area contributed by atoms with Crippen LogP contribution in [-0.2, 0) is 4.79 Å². The largest absolute Gasteiger partial charge is 0.385 e. The molecule has 0 aromatic carbocycles. The third kappa shape index (κ3) is 2.51. The number of halogens is 1. The van der Waals surface area contributed by atoms with E-state index in [0.717, 1.165) is 24.9 Å². The minimum atomic E-state index is -0.182. The van der Waals surface area contributed by atoms with Crippen LogP contribution < -0.4 is 5.32 Å². The minimum absolute atomic E-state index is 0.182. The van der Waals surface area contributed by atoms with Gasteiger partial charge in [-0.1, -0.05) is 18.5 Å². The van der Waals surface area contributed by atoms with Crippen molar-refractivity contribution in [1.29, 1.82) is 0 Å². The molecule has 0 aromatic heterocycles. The number of likely N-dealkylation sites (N-methyl/N-ethyl adjacent to an activating group) is 1. The van der Waals surface area contributed by atoms with E-state index in [0.29, 0.717) is 5.57 Å². The Balaban J connectivity index is 2.75. The van der Waals surface area contributed by atoms with Gasteiger partial charge in [-0.05, 0) is 12.5 Å². The molecule has 0 fully saturated rings. The average Bonchev–Trinajstić information content (AvgIpc) is 2.19. The van der Waals surface area contributed by atoms with Crippen LogP contribution >= 0.6 is 11.6 Å². The lowest BCUT2D eigenvalue weighted by Gasteiger charge is -2.25. The highest BCUT2D eigenvalue weighted by molar-refractivity contribution is 6.21. The van der Waals surface area contributed by atoms with E-state index in [-0.39, 0.29) is 5.50 Å². The molecule has 0 amide bonds. The van der Waals surface area contributed by atoms with Gasteiger partial charge < -0.3 is 10.2 Å². The lowest BCUT2D eigenvalue weighted by molar-refractivity contribution is -0.104. The van der Waals surface area contributed by atoms with Gasteiger partial charge in [0.2, 0.25) is 0 Å². The van der Waals surface area contributed by atoms with E-state index in [4.69, 9.17) is 11.6 Å². The molecular weight excluding hydrogens is 200 g/mol. The van der Waals surface area contributed by atoms with Gasteiger partial charge in [-0.15, -0.1) is 0 Å². The van der Waals surface area contributed by atoms with Crippen molar-refractivity contribution in [3.8, 4) is 0 Å². The van der Waals surface area contributed by atoms with Gasteiger partial charge in [0.25, 0.3) is 0 Å². The summed E-state index contributed by atoms with van der Waals surface area (Å²) in [5.41, 5.74) is 1.30. The Labute approximate surface area is 89.4 Å². The first-order valence-corrected chi connectivity index (χ1v) is 5.11. The summed E-state index contributed by atoms with van der Waals surface area (Å²) >= 11 is 6.01. The SMILES string of the molecule is CCCNC1=CC(Cl)N(C)C=C1C=O. The number of hydrogen-bond acceptors (Lipinski definition) is 3. The molecule has 3 nitrogen and oxygen atoms in total. The zero-order valence-electron chi connectivity index (χ0n) is 8.46. The molecule has 1 rings (SSSR count). The van der Waals surface area contributed by atoms with Crippen LogP contribution in [-0.4, -0.2) is 30.3 Å². The van der Waals surface area contributed by atoms with Crippen LogP contribution in [0.2, 0.25) is 0 Å². The molecule has 1 unspecified atom stereocenters. The summed E-state index contributed by atoms with van der Waals surface area (Å²) in [5, 5.41) is 3.17. The second kappa shape index (κ2) is 5.05. The van der Waals surface area contributed by atoms with E-state index in [1.807, 2.05) is 13.1 Å². The second-order valence-corrected chi connectivity index (χ2v) is 3.69. The normalized spacial score (nSPS) is 21.4. The highest BCUT2D eigenvalue weighted by atomic mass is 35.5. The quantitative estimate of drug-likeness (QED) is 0.437. The van der Waals surface area contributed by atoms with Crippen LogP contribution in [0.1, 0.15) is 13.3 Å². The predicted octanol–water partition coefficient (Wildman–Crippen LogP) is 1.46. The van der Waals surface area contributed by atoms with Crippen molar-refractivity contribution in [1.82, 2.24) is 10.2 Å². The number of hydrogen-bond donors (Lipinski definition) is 1. The van der Waals surface area contributed by atoms with Crippen LogP contribution in [0, 0.1) is 0 Å². The summed E-state index contributed by atoms with van der Waals surface area (Å²) in [6.45, 7) is 2.93. The Morgan fingerprint density at radius 1 is 1.71 bits per heavy atom. The molecule has 0 saturated carbocycles. The van der Waals surface area contributed by atoms with Gasteiger partial charge >= 0.3 is 0 Å². The van der Waals surface area contributed by atoms with Crippen molar-refractivity contribution < 1.29 is 4.79 Å². The number of nitrogens with zero attached hydrogens (tertiary/aromatic N) is 1. The van der Waals surface area contributed by atoms with Crippen molar-refractivity contribution in [3.05, 3.63) is 23.5 Å². The Kier molecular flexibility index (Phi) is 4.01. The number of aldehydes is 1. The molecule has 0 aromatic rings. The molecule has 0 saturated heterocycles. The zero-order chi connectivity index (χ0) is 10.6. The number of carbonyl (C=O) groups excluding carboxylic acids is 1. The summed E-state index contributed by atoms with van der Waals surface area (Å²) in [6, 6.07) is 0. The summed E-state index contributed by atoms with van der Waals surface area (Å²) in [6.07, 6.45) is 5.46. The Morgan fingerprint density at radius 3 is 3.00 bits per heavy atom. The monoisotopic (exact) mass is 214 g/mol. The standard InChI is InChI=1S/C10H15ClN2O/c1-3-4-12-9-5-10(11)13(2)6-8(9)7-14/h5-7,10,12H,3-4H2,1-2H3. The first-order chi connectivity index (χ1) is 6.69. The fourth-order valence-corrected chi connectivity index (χ4v) is 1.41. The molecule has 1 aliphatic rings. The maximum Gasteiger partial charge on any atom is 0.153 e. The van der Waals surface area contributed by atoms with Crippen molar-refractivity contribution in [3.63, 3.8) is 0 Å². The fraction of sp³-hybridized carbons (Fsp3) is 0.500. The van der Waals surface area contributed by atoms with Crippen molar-refractivity contribution in [2.24, 2.45) is 0 Å². The maximum absolute atomic E-state index is 10.8. The van der Waals surface area contributed by atoms with E-state index >= 15 is 0 Å². The van der Waals surface area contributed by atoms with Crippen LogP contribution in [0.15, 0.2) is 23.5 Å². The molecule has 1 aliphatic heterocycles. The van der Waals surface area contributed by atoms with Gasteiger partial charge in [-0.2, -0.15) is 0 Å². The van der Waals surface area contributed by atoms with Crippen LogP contribution in [0.25, 0.3) is 0 Å². The van der Waals surface area contributed by atoms with Gasteiger partial charge in [0.15, 0.2) is 6.29 Å². The van der Waals surface area contributed by atoms with Gasteiger partial charge in [-0.3, -0.25) is 4.79 Å². The molecule has 1 atom stereocenters. The van der Waals surface area contributed by atoms with Crippen molar-refractivity contribution in [2.75, 3.05) is 13.6 Å². The van der Waals surface area contributed by atoms with Crippen molar-refractivity contribution in [2.45, 2.75) is 18.8 Å². The highest BCUT2D eigenvalue weighted by Gasteiger charge is 2.16. The van der Waals surface area contributed by atoms with E-state index < -0.39 is 0 Å². The van der Waals surface area contributed by atoms with E-state index in [1.54, 1.807) is 11.1 Å². The summed E-state index contributed by atoms with van der Waals surface area (Å²) in [4.78, 5) is 12.6. The Hall–Kier alpha value is -0.960. The smallest absolute Gasteiger partial charge is 0.153 e. The third-order valence-electron chi connectivity index (χ3n) is 2.04. The lowest BCUT2D eigenvalue weighted by atomic mass is 10.1. The maximum atomic E-state index is 10.8. The van der Waals surface area contributed by atoms with Crippen LogP contribution in [0.3, 0.4) is 0 Å². The molecule has 0 radical (unpaired) electrons. The topological polar surface area (TPSA) is 32.3 Å². The van der Waals surface area contributed by atoms with Crippen molar-refractivity contribution >= 4 is 17.9 Å². The summed E-state index contributed by atoms with van der Waals surface area (Å²) in [7, 11) is 1.84. The van der Waals surface area contributed by atoms with Gasteiger partial charge in [0, 0.05) is 25.5 Å². The molecular formula is C10H15ClN2O. The first-order valence-electron chi connectivity index (χ1n) is 4.68. The number of allylic oxidation sites excluding steroid dienone is 1. The van der Waals surface area contributed by atoms with E-state index in [1.165, 1.54) is 0 Å². The molecule has 78 valence electrons. The van der Waals surface area contributed by atoms with E-state index in [2.05, 4.69) is 12.2 Å². The van der Waals surface area contributed by atoms with Gasteiger partial charge in [0.1, 0.15) is 5.50 Å². The lowest BCUT2D eigenvalue weighted by Crippen LogP contribution is -2.29. The van der Waals surface area contributed by atoms with Gasteiger partial charge in [-0.25, -0.2) is 0 Å². The molecule has 14 heavy (non-hydrogen) atoms. The predicted molar refractivity (Wildman–Crippen MR) is 57.9 cm³/mol. The number of rotatable bonds is 4. The molecule has 0 aliphatic carbocycles. The second-order valence-electron chi connectivity index (χ2n) is 3.25. The summed E-state index contributed by atoms with van der Waals surface area (Å²) in [5.74, 6) is 0. The van der Waals surface area contributed by atoms with Crippen LogP contribution in [0.4, 0.5) is 0 Å². The highest BCUT2D eigenvalue weighted by Crippen LogP contribution is 2.18. The molecule has 1 heterocycles. The molecule has 0 bridgehead atoms. The molecule has 4 heteroatoms. The fourth-order valence-electron chi connectivity index (χ4n) is 1.23. The molecule has 1 N–H and O–H groups in total. The third-order valence-corrected chi connectivity index (χ3v) is 2.47.